The van der Waals surface area contributed by atoms with Gasteiger partial charge in [0.1, 0.15) is 0 Å². The summed E-state index contributed by atoms with van der Waals surface area (Å²) in [6.07, 6.45) is 5.27. The van der Waals surface area contributed by atoms with Crippen molar-refractivity contribution in [3.05, 3.63) is 28.8 Å². The van der Waals surface area contributed by atoms with E-state index >= 15 is 0 Å². The molecular formula is C15H23N. The number of nitrogens with zero attached hydrogens (tertiary/aromatic N) is 1. The van der Waals surface area contributed by atoms with Crippen molar-refractivity contribution in [2.24, 2.45) is 0 Å². The van der Waals surface area contributed by atoms with E-state index in [1.165, 1.54) is 44.3 Å². The summed E-state index contributed by atoms with van der Waals surface area (Å²) >= 11 is 0. The minimum atomic E-state index is 1.28. The van der Waals surface area contributed by atoms with E-state index in [4.69, 9.17) is 0 Å². The van der Waals surface area contributed by atoms with Crippen molar-refractivity contribution in [2.45, 2.75) is 46.5 Å². The molecule has 0 saturated heterocycles. The van der Waals surface area contributed by atoms with Crippen molar-refractivity contribution in [1.82, 2.24) is 0 Å². The van der Waals surface area contributed by atoms with Crippen LogP contribution in [0.25, 0.3) is 0 Å². The summed E-state index contributed by atoms with van der Waals surface area (Å²) in [6.45, 7) is 8.79. The van der Waals surface area contributed by atoms with Gasteiger partial charge >= 0.3 is 0 Å². The summed E-state index contributed by atoms with van der Waals surface area (Å²) in [4.78, 5) is 2.59. The smallest absolute Gasteiger partial charge is 0.0431 e. The molecule has 1 heteroatoms. The first kappa shape index (κ1) is 11.5. The fourth-order valence-corrected chi connectivity index (χ4v) is 2.98. The Bertz CT molecular complexity index is 337. The Balaban J connectivity index is 0.000000457. The Hall–Kier alpha value is -0.980. The Labute approximate surface area is 99.5 Å². The van der Waals surface area contributed by atoms with E-state index in [9.17, 15) is 0 Å². The highest BCUT2D eigenvalue weighted by molar-refractivity contribution is 5.63. The molecule has 88 valence electrons. The number of anilines is 1. The van der Waals surface area contributed by atoms with E-state index in [2.05, 4.69) is 24.0 Å². The molecule has 1 aromatic carbocycles. The van der Waals surface area contributed by atoms with Crippen molar-refractivity contribution in [1.29, 1.82) is 0 Å². The largest absolute Gasteiger partial charge is 0.371 e. The molecular weight excluding hydrogens is 194 g/mol. The Morgan fingerprint density at radius 1 is 0.938 bits per heavy atom. The molecule has 2 aliphatic heterocycles. The SMILES string of the molecule is CC.Cc1cc2c3c(c1)CCCN3CCC2. The lowest BCUT2D eigenvalue weighted by atomic mass is 9.90. The van der Waals surface area contributed by atoms with Crippen LogP contribution in [0.3, 0.4) is 0 Å². The van der Waals surface area contributed by atoms with Crippen LogP contribution in [-0.4, -0.2) is 13.1 Å². The van der Waals surface area contributed by atoms with Crippen LogP contribution in [0.1, 0.15) is 43.4 Å². The Morgan fingerprint density at radius 3 is 1.94 bits per heavy atom. The number of hydrogen-bond donors (Lipinski definition) is 0. The van der Waals surface area contributed by atoms with Crippen molar-refractivity contribution in [3.63, 3.8) is 0 Å². The first-order valence-electron chi connectivity index (χ1n) is 6.72. The third-order valence-electron chi connectivity index (χ3n) is 3.48. The van der Waals surface area contributed by atoms with Gasteiger partial charge in [-0.15, -0.1) is 0 Å². The van der Waals surface area contributed by atoms with Crippen LogP contribution in [-0.2, 0) is 12.8 Å². The standard InChI is InChI=1S/C13H17N.C2H6/c1-10-8-11-4-2-6-14-7-3-5-12(9-10)13(11)14;1-2/h8-9H,2-7H2,1H3;1-2H3. The zero-order valence-electron chi connectivity index (χ0n) is 10.8. The van der Waals surface area contributed by atoms with Crippen LogP contribution in [0.4, 0.5) is 5.69 Å². The van der Waals surface area contributed by atoms with Crippen LogP contribution in [0.5, 0.6) is 0 Å². The van der Waals surface area contributed by atoms with Gasteiger partial charge in [-0.25, -0.2) is 0 Å². The molecule has 0 radical (unpaired) electrons. The first-order chi connectivity index (χ1) is 7.84. The molecule has 16 heavy (non-hydrogen) atoms. The van der Waals surface area contributed by atoms with Gasteiger partial charge in [-0.3, -0.25) is 0 Å². The van der Waals surface area contributed by atoms with Gasteiger partial charge in [0.05, 0.1) is 0 Å². The van der Waals surface area contributed by atoms with Gasteiger partial charge in [0.25, 0.3) is 0 Å². The summed E-state index contributed by atoms with van der Waals surface area (Å²) < 4.78 is 0. The minimum absolute atomic E-state index is 1.28. The first-order valence-corrected chi connectivity index (χ1v) is 6.72. The van der Waals surface area contributed by atoms with Crippen LogP contribution >= 0.6 is 0 Å². The van der Waals surface area contributed by atoms with E-state index in [0.717, 1.165) is 0 Å². The third-order valence-corrected chi connectivity index (χ3v) is 3.48. The number of rotatable bonds is 0. The van der Waals surface area contributed by atoms with Gasteiger partial charge in [0, 0.05) is 18.8 Å². The van der Waals surface area contributed by atoms with Gasteiger partial charge in [-0.05, 0) is 43.7 Å². The number of hydrogen-bond acceptors (Lipinski definition) is 1. The molecule has 2 aliphatic rings. The predicted molar refractivity (Wildman–Crippen MR) is 71.4 cm³/mol. The van der Waals surface area contributed by atoms with Gasteiger partial charge < -0.3 is 4.90 Å². The Kier molecular flexibility index (Phi) is 3.52. The van der Waals surface area contributed by atoms with Crippen LogP contribution in [0.15, 0.2) is 12.1 Å². The molecule has 3 rings (SSSR count). The van der Waals surface area contributed by atoms with Crippen molar-refractivity contribution >= 4 is 5.69 Å². The molecule has 0 aliphatic carbocycles. The maximum absolute atomic E-state index is 2.59. The minimum Gasteiger partial charge on any atom is -0.371 e. The average Bonchev–Trinajstić information content (AvgIpc) is 2.32. The van der Waals surface area contributed by atoms with E-state index in [0.29, 0.717) is 0 Å². The van der Waals surface area contributed by atoms with Gasteiger partial charge in [0.15, 0.2) is 0 Å². The van der Waals surface area contributed by atoms with E-state index < -0.39 is 0 Å². The molecule has 0 saturated carbocycles. The fourth-order valence-electron chi connectivity index (χ4n) is 2.98. The normalized spacial score (nSPS) is 17.3. The fraction of sp³-hybridized carbons (Fsp3) is 0.600. The van der Waals surface area contributed by atoms with Crippen molar-refractivity contribution in [2.75, 3.05) is 18.0 Å². The molecule has 1 nitrogen and oxygen atoms in total. The van der Waals surface area contributed by atoms with Crippen molar-refractivity contribution in [3.8, 4) is 0 Å². The van der Waals surface area contributed by atoms with E-state index in [1.54, 1.807) is 16.8 Å². The third kappa shape index (κ3) is 1.95. The van der Waals surface area contributed by atoms with Crippen molar-refractivity contribution < 1.29 is 0 Å². The highest BCUT2D eigenvalue weighted by Gasteiger charge is 2.23. The second-order valence-corrected chi connectivity index (χ2v) is 4.63. The van der Waals surface area contributed by atoms with E-state index in [1.807, 2.05) is 13.8 Å². The molecule has 0 amide bonds. The maximum atomic E-state index is 2.59. The summed E-state index contributed by atoms with van der Waals surface area (Å²) in [5.74, 6) is 0. The summed E-state index contributed by atoms with van der Waals surface area (Å²) in [5, 5.41) is 0. The summed E-state index contributed by atoms with van der Waals surface area (Å²) in [7, 11) is 0. The maximum Gasteiger partial charge on any atom is 0.0431 e. The second kappa shape index (κ2) is 4.90. The van der Waals surface area contributed by atoms with E-state index in [-0.39, 0.29) is 0 Å². The molecule has 0 N–H and O–H groups in total. The highest BCUT2D eigenvalue weighted by atomic mass is 15.1. The van der Waals surface area contributed by atoms with Gasteiger partial charge in [0.2, 0.25) is 0 Å². The zero-order valence-corrected chi connectivity index (χ0v) is 10.8. The quantitative estimate of drug-likeness (QED) is 0.640. The summed E-state index contributed by atoms with van der Waals surface area (Å²) in [6, 6.07) is 4.77. The van der Waals surface area contributed by atoms with Gasteiger partial charge in [-0.1, -0.05) is 31.5 Å². The predicted octanol–water partition coefficient (Wildman–Crippen LogP) is 3.72. The van der Waals surface area contributed by atoms with Crippen LogP contribution in [0, 0.1) is 6.92 Å². The molecule has 0 atom stereocenters. The lowest BCUT2D eigenvalue weighted by molar-refractivity contribution is 0.633. The van der Waals surface area contributed by atoms with Gasteiger partial charge in [-0.2, -0.15) is 0 Å². The number of benzene rings is 1. The molecule has 1 aromatic rings. The summed E-state index contributed by atoms with van der Waals surface area (Å²) in [5.41, 5.74) is 6.24. The lowest BCUT2D eigenvalue weighted by Crippen LogP contribution is -2.34. The Morgan fingerprint density at radius 2 is 1.44 bits per heavy atom. The lowest BCUT2D eigenvalue weighted by Gasteiger charge is -2.37. The molecule has 0 aromatic heterocycles. The monoisotopic (exact) mass is 217 g/mol. The number of aryl methyl sites for hydroxylation is 3. The average molecular weight is 217 g/mol. The molecule has 0 unspecified atom stereocenters. The van der Waals surface area contributed by atoms with Crippen LogP contribution in [0.2, 0.25) is 0 Å². The van der Waals surface area contributed by atoms with Crippen LogP contribution < -0.4 is 4.90 Å². The second-order valence-electron chi connectivity index (χ2n) is 4.63. The topological polar surface area (TPSA) is 3.24 Å². The molecule has 2 heterocycles. The zero-order chi connectivity index (χ0) is 11.5. The molecule has 0 bridgehead atoms. The highest BCUT2D eigenvalue weighted by Crippen LogP contribution is 2.35. The molecule has 0 spiro atoms. The molecule has 0 fully saturated rings.